The third-order valence-electron chi connectivity index (χ3n) is 3.79. The summed E-state index contributed by atoms with van der Waals surface area (Å²) in [7, 11) is 1.95. The molecule has 21 heavy (non-hydrogen) atoms. The Morgan fingerprint density at radius 3 is 2.76 bits per heavy atom. The Morgan fingerprint density at radius 1 is 1.05 bits per heavy atom. The van der Waals surface area contributed by atoms with Gasteiger partial charge in [-0.2, -0.15) is 0 Å². The van der Waals surface area contributed by atoms with Gasteiger partial charge in [-0.3, -0.25) is 0 Å². The van der Waals surface area contributed by atoms with E-state index in [9.17, 15) is 0 Å². The van der Waals surface area contributed by atoms with Crippen LogP contribution in [0.3, 0.4) is 0 Å². The van der Waals surface area contributed by atoms with Crippen LogP contribution in [0, 0.1) is 6.92 Å². The van der Waals surface area contributed by atoms with E-state index in [1.807, 2.05) is 29.8 Å². The number of nitrogens with zero attached hydrogens (tertiary/aromatic N) is 3. The summed E-state index contributed by atoms with van der Waals surface area (Å²) in [6, 6.07) is 12.3. The van der Waals surface area contributed by atoms with Crippen molar-refractivity contribution in [2.24, 2.45) is 7.05 Å². The van der Waals surface area contributed by atoms with Crippen molar-refractivity contribution in [3.63, 3.8) is 0 Å². The Balaban J connectivity index is 2.08. The highest BCUT2D eigenvalue weighted by Gasteiger charge is 2.16. The van der Waals surface area contributed by atoms with Crippen molar-refractivity contribution in [1.82, 2.24) is 9.97 Å². The van der Waals surface area contributed by atoms with Gasteiger partial charge in [0.2, 0.25) is 6.33 Å². The molecule has 0 fully saturated rings. The van der Waals surface area contributed by atoms with E-state index in [2.05, 4.69) is 35.1 Å². The molecule has 2 heterocycles. The lowest BCUT2D eigenvalue weighted by Gasteiger charge is -2.03. The first-order chi connectivity index (χ1) is 10.2. The van der Waals surface area contributed by atoms with Crippen molar-refractivity contribution in [2.75, 3.05) is 0 Å². The molecule has 0 aliphatic rings. The molecule has 0 aliphatic heterocycles. The number of hydrogen-bond donors (Lipinski definition) is 0. The first kappa shape index (κ1) is 12.0. The Bertz CT molecular complexity index is 972. The molecular formula is C17H14N3O+. The number of rotatable bonds is 1. The Hall–Kier alpha value is -2.75. The lowest BCUT2D eigenvalue weighted by molar-refractivity contribution is -0.666. The van der Waals surface area contributed by atoms with Crippen molar-refractivity contribution in [3.05, 3.63) is 54.6 Å². The molecule has 2 aromatic carbocycles. The largest absolute Gasteiger partial charge is 0.456 e. The molecule has 0 aliphatic carbocycles. The van der Waals surface area contributed by atoms with Gasteiger partial charge in [0.25, 0.3) is 12.2 Å². The van der Waals surface area contributed by atoms with Gasteiger partial charge in [0.05, 0.1) is 12.6 Å². The average molecular weight is 276 g/mol. The van der Waals surface area contributed by atoms with E-state index in [4.69, 9.17) is 4.42 Å². The third kappa shape index (κ3) is 1.80. The molecule has 4 nitrogen and oxygen atoms in total. The maximum absolute atomic E-state index is 5.91. The second-order valence-electron chi connectivity index (χ2n) is 5.21. The van der Waals surface area contributed by atoms with E-state index in [-0.39, 0.29) is 0 Å². The predicted molar refractivity (Wildman–Crippen MR) is 80.7 cm³/mol. The number of hydrogen-bond acceptors (Lipinski definition) is 3. The van der Waals surface area contributed by atoms with Gasteiger partial charge in [0.1, 0.15) is 11.2 Å². The van der Waals surface area contributed by atoms with Gasteiger partial charge >= 0.3 is 0 Å². The van der Waals surface area contributed by atoms with Gasteiger partial charge in [0.15, 0.2) is 0 Å². The van der Waals surface area contributed by atoms with Crippen LogP contribution in [-0.2, 0) is 7.05 Å². The molecule has 0 saturated carbocycles. The summed E-state index contributed by atoms with van der Waals surface area (Å²) in [5, 5.41) is 2.25. The normalized spacial score (nSPS) is 11.3. The Morgan fingerprint density at radius 2 is 1.90 bits per heavy atom. The highest BCUT2D eigenvalue weighted by atomic mass is 16.3. The fourth-order valence-electron chi connectivity index (χ4n) is 2.74. The molecule has 0 radical (unpaired) electrons. The van der Waals surface area contributed by atoms with E-state index >= 15 is 0 Å². The molecule has 0 unspecified atom stereocenters. The molecule has 0 saturated heterocycles. The van der Waals surface area contributed by atoms with Crippen LogP contribution < -0.4 is 4.57 Å². The van der Waals surface area contributed by atoms with Crippen LogP contribution in [0.25, 0.3) is 33.3 Å². The molecule has 4 rings (SSSR count). The predicted octanol–water partition coefficient (Wildman–Crippen LogP) is 3.18. The molecule has 0 bridgehead atoms. The number of aryl methyl sites for hydroxylation is 2. The van der Waals surface area contributed by atoms with Gasteiger partial charge in [-0.25, -0.2) is 4.57 Å². The number of furan rings is 1. The monoisotopic (exact) mass is 276 g/mol. The molecule has 4 heteroatoms. The average Bonchev–Trinajstić information content (AvgIpc) is 2.84. The van der Waals surface area contributed by atoms with Crippen LogP contribution in [0.2, 0.25) is 0 Å². The highest BCUT2D eigenvalue weighted by Crippen LogP contribution is 2.32. The van der Waals surface area contributed by atoms with Crippen LogP contribution in [0.1, 0.15) is 5.56 Å². The molecule has 2 aromatic heterocycles. The number of fused-ring (bicyclic) bond motifs is 3. The molecule has 0 amide bonds. The zero-order chi connectivity index (χ0) is 14.4. The van der Waals surface area contributed by atoms with E-state index in [1.54, 1.807) is 12.7 Å². The fourth-order valence-corrected chi connectivity index (χ4v) is 2.74. The van der Waals surface area contributed by atoms with E-state index in [1.165, 1.54) is 0 Å². The Kier molecular flexibility index (Phi) is 2.51. The third-order valence-corrected chi connectivity index (χ3v) is 3.79. The summed E-state index contributed by atoms with van der Waals surface area (Å²) in [6.45, 7) is 2.07. The second kappa shape index (κ2) is 4.38. The molecule has 102 valence electrons. The maximum Gasteiger partial charge on any atom is 0.273 e. The van der Waals surface area contributed by atoms with E-state index in [0.29, 0.717) is 0 Å². The molecule has 0 atom stereocenters. The SMILES string of the molecule is Cc1cc2oc3ccccc3c2cc1-c1ncnc[n+]1C. The van der Waals surface area contributed by atoms with Gasteiger partial charge in [0, 0.05) is 10.8 Å². The van der Waals surface area contributed by atoms with Crippen molar-refractivity contribution in [2.45, 2.75) is 6.92 Å². The quantitative estimate of drug-likeness (QED) is 0.501. The minimum atomic E-state index is 0.898. The minimum absolute atomic E-state index is 0.898. The molecule has 0 N–H and O–H groups in total. The Labute approximate surface area is 121 Å². The molecule has 0 spiro atoms. The smallest absolute Gasteiger partial charge is 0.273 e. The maximum atomic E-state index is 5.91. The number of para-hydroxylation sites is 1. The highest BCUT2D eigenvalue weighted by molar-refractivity contribution is 6.06. The van der Waals surface area contributed by atoms with Crippen LogP contribution in [0.5, 0.6) is 0 Å². The van der Waals surface area contributed by atoms with Crippen LogP contribution in [0.4, 0.5) is 0 Å². The standard InChI is InChI=1S/C17H14N3O/c1-11-7-16-14(12-5-3-4-6-15(12)21-16)8-13(11)17-19-9-18-10-20(17)2/h3-10H,1-2H3/q+1. The molecule has 4 aromatic rings. The van der Waals surface area contributed by atoms with Crippen molar-refractivity contribution >= 4 is 21.9 Å². The first-order valence-electron chi connectivity index (χ1n) is 6.82. The lowest BCUT2D eigenvalue weighted by atomic mass is 10.0. The summed E-state index contributed by atoms with van der Waals surface area (Å²) in [5.41, 5.74) is 4.06. The van der Waals surface area contributed by atoms with Gasteiger partial charge in [-0.05, 0) is 30.7 Å². The van der Waals surface area contributed by atoms with E-state index in [0.717, 1.165) is 38.9 Å². The molecular weight excluding hydrogens is 262 g/mol. The number of benzene rings is 2. The van der Waals surface area contributed by atoms with Crippen molar-refractivity contribution in [3.8, 4) is 11.4 Å². The summed E-state index contributed by atoms with van der Waals surface area (Å²) < 4.78 is 7.84. The summed E-state index contributed by atoms with van der Waals surface area (Å²) in [6.07, 6.45) is 3.34. The van der Waals surface area contributed by atoms with Crippen LogP contribution in [-0.4, -0.2) is 9.97 Å². The van der Waals surface area contributed by atoms with Gasteiger partial charge < -0.3 is 4.42 Å². The minimum Gasteiger partial charge on any atom is -0.456 e. The lowest BCUT2D eigenvalue weighted by Crippen LogP contribution is -2.32. The number of aromatic nitrogens is 3. The zero-order valence-electron chi connectivity index (χ0n) is 11.9. The van der Waals surface area contributed by atoms with Crippen molar-refractivity contribution in [1.29, 1.82) is 0 Å². The zero-order valence-corrected chi connectivity index (χ0v) is 11.9. The summed E-state index contributed by atoms with van der Waals surface area (Å²) in [4.78, 5) is 8.44. The summed E-state index contributed by atoms with van der Waals surface area (Å²) in [5.74, 6) is 0.898. The van der Waals surface area contributed by atoms with E-state index < -0.39 is 0 Å². The summed E-state index contributed by atoms with van der Waals surface area (Å²) >= 11 is 0. The first-order valence-corrected chi connectivity index (χ1v) is 6.82. The van der Waals surface area contributed by atoms with Crippen LogP contribution in [0.15, 0.2) is 53.5 Å². The van der Waals surface area contributed by atoms with Crippen LogP contribution >= 0.6 is 0 Å². The topological polar surface area (TPSA) is 42.8 Å². The van der Waals surface area contributed by atoms with Crippen molar-refractivity contribution < 1.29 is 8.98 Å². The fraction of sp³-hybridized carbons (Fsp3) is 0.118. The second-order valence-corrected chi connectivity index (χ2v) is 5.21. The van der Waals surface area contributed by atoms with Gasteiger partial charge in [-0.1, -0.05) is 28.2 Å². The van der Waals surface area contributed by atoms with Gasteiger partial charge in [-0.15, -0.1) is 0 Å².